The highest BCUT2D eigenvalue weighted by atomic mass is 16.4. The number of hydrogen-bond donors (Lipinski definition) is 2. The minimum Gasteiger partial charge on any atom is -0.480 e. The maximum Gasteiger partial charge on any atom is 0.328 e. The van der Waals surface area contributed by atoms with E-state index in [-0.39, 0.29) is 0 Å². The maximum atomic E-state index is 12.0. The van der Waals surface area contributed by atoms with E-state index in [1.165, 1.54) is 5.56 Å². The average molecular weight is 276 g/mol. The Labute approximate surface area is 120 Å². The molecule has 1 unspecified atom stereocenters. The van der Waals surface area contributed by atoms with Crippen molar-refractivity contribution in [3.8, 4) is 0 Å². The number of nitrogens with zero attached hydrogens (tertiary/aromatic N) is 1. The molecule has 20 heavy (non-hydrogen) atoms. The molecule has 1 aromatic carbocycles. The number of carbonyl (C=O) groups is 1. The van der Waals surface area contributed by atoms with Crippen molar-refractivity contribution in [3.63, 3.8) is 0 Å². The molecule has 110 valence electrons. The van der Waals surface area contributed by atoms with E-state index in [1.807, 2.05) is 39.0 Å². The summed E-state index contributed by atoms with van der Waals surface area (Å²) in [6.45, 7) is 9.27. The van der Waals surface area contributed by atoms with E-state index in [9.17, 15) is 9.90 Å². The average Bonchev–Trinajstić information content (AvgIpc) is 2.70. The number of carboxylic acids is 1. The van der Waals surface area contributed by atoms with Crippen LogP contribution in [0, 0.1) is 13.8 Å². The Morgan fingerprint density at radius 3 is 2.65 bits per heavy atom. The molecule has 4 heteroatoms. The molecule has 1 heterocycles. The molecule has 4 nitrogen and oxygen atoms in total. The standard InChI is InChI=1S/C16H24N2O2/c1-12-5-6-14(11-13(12)2)16(3,15(19)20)18-9-4-7-17-8-10-18/h5-6,11,17H,4,7-10H2,1-3H3,(H,19,20). The van der Waals surface area contributed by atoms with Gasteiger partial charge in [0, 0.05) is 19.6 Å². The number of rotatable bonds is 3. The summed E-state index contributed by atoms with van der Waals surface area (Å²) in [5, 5.41) is 13.2. The van der Waals surface area contributed by atoms with Crippen LogP contribution >= 0.6 is 0 Å². The highest BCUT2D eigenvalue weighted by molar-refractivity contribution is 5.80. The highest BCUT2D eigenvalue weighted by Gasteiger charge is 2.41. The van der Waals surface area contributed by atoms with Gasteiger partial charge in [-0.3, -0.25) is 4.90 Å². The molecule has 0 aliphatic carbocycles. The SMILES string of the molecule is Cc1ccc(C(C)(C(=O)O)N2CCCNCC2)cc1C. The number of carboxylic acid groups (broad SMARTS) is 1. The van der Waals surface area contributed by atoms with Crippen molar-refractivity contribution < 1.29 is 9.90 Å². The first-order chi connectivity index (χ1) is 9.46. The first kappa shape index (κ1) is 15.0. The van der Waals surface area contributed by atoms with E-state index in [1.54, 1.807) is 0 Å². The van der Waals surface area contributed by atoms with Gasteiger partial charge in [0.15, 0.2) is 0 Å². The molecule has 0 bridgehead atoms. The quantitative estimate of drug-likeness (QED) is 0.885. The van der Waals surface area contributed by atoms with E-state index in [4.69, 9.17) is 0 Å². The first-order valence-corrected chi connectivity index (χ1v) is 7.23. The third-order valence-electron chi connectivity index (χ3n) is 4.46. The normalized spacial score (nSPS) is 20.1. The minimum absolute atomic E-state index is 0.760. The number of benzene rings is 1. The van der Waals surface area contributed by atoms with Gasteiger partial charge in [0.2, 0.25) is 0 Å². The zero-order valence-electron chi connectivity index (χ0n) is 12.6. The van der Waals surface area contributed by atoms with Crippen molar-refractivity contribution in [1.82, 2.24) is 10.2 Å². The predicted octanol–water partition coefficient (Wildman–Crippen LogP) is 1.90. The molecule has 2 rings (SSSR count). The Morgan fingerprint density at radius 2 is 2.00 bits per heavy atom. The summed E-state index contributed by atoms with van der Waals surface area (Å²) in [6.07, 6.45) is 0.980. The van der Waals surface area contributed by atoms with Crippen LogP contribution in [-0.2, 0) is 10.3 Å². The second-order valence-corrected chi connectivity index (χ2v) is 5.77. The first-order valence-electron chi connectivity index (χ1n) is 7.23. The van der Waals surface area contributed by atoms with Gasteiger partial charge in [0.1, 0.15) is 5.54 Å². The lowest BCUT2D eigenvalue weighted by atomic mass is 9.87. The van der Waals surface area contributed by atoms with E-state index in [0.29, 0.717) is 0 Å². The number of hydrogen-bond acceptors (Lipinski definition) is 3. The fourth-order valence-electron chi connectivity index (χ4n) is 2.78. The van der Waals surface area contributed by atoms with Crippen LogP contribution in [0.25, 0.3) is 0 Å². The molecule has 0 amide bonds. The lowest BCUT2D eigenvalue weighted by Gasteiger charge is -2.37. The fraction of sp³-hybridized carbons (Fsp3) is 0.562. The monoisotopic (exact) mass is 276 g/mol. The molecule has 1 aliphatic heterocycles. The fourth-order valence-corrected chi connectivity index (χ4v) is 2.78. The van der Waals surface area contributed by atoms with E-state index in [0.717, 1.165) is 43.7 Å². The van der Waals surface area contributed by atoms with Gasteiger partial charge in [-0.05, 0) is 50.4 Å². The van der Waals surface area contributed by atoms with Crippen molar-refractivity contribution in [2.24, 2.45) is 0 Å². The molecule has 0 spiro atoms. The van der Waals surface area contributed by atoms with Gasteiger partial charge in [0.25, 0.3) is 0 Å². The van der Waals surface area contributed by atoms with Gasteiger partial charge in [-0.15, -0.1) is 0 Å². The van der Waals surface area contributed by atoms with E-state index in [2.05, 4.69) is 10.2 Å². The molecule has 2 N–H and O–H groups in total. The summed E-state index contributed by atoms with van der Waals surface area (Å²) in [7, 11) is 0. The summed E-state index contributed by atoms with van der Waals surface area (Å²) in [5.41, 5.74) is 2.25. The number of aryl methyl sites for hydroxylation is 2. The molecule has 0 aromatic heterocycles. The predicted molar refractivity (Wildman–Crippen MR) is 80.0 cm³/mol. The second-order valence-electron chi connectivity index (χ2n) is 5.77. The van der Waals surface area contributed by atoms with Crippen molar-refractivity contribution in [2.45, 2.75) is 32.7 Å². The Bertz CT molecular complexity index is 493. The molecule has 1 aliphatic rings. The van der Waals surface area contributed by atoms with Crippen LogP contribution < -0.4 is 5.32 Å². The third-order valence-corrected chi connectivity index (χ3v) is 4.46. The molecular weight excluding hydrogens is 252 g/mol. The van der Waals surface area contributed by atoms with Gasteiger partial charge >= 0.3 is 5.97 Å². The van der Waals surface area contributed by atoms with Crippen LogP contribution in [0.2, 0.25) is 0 Å². The summed E-state index contributed by atoms with van der Waals surface area (Å²) >= 11 is 0. The van der Waals surface area contributed by atoms with Crippen molar-refractivity contribution in [1.29, 1.82) is 0 Å². The Hall–Kier alpha value is -1.39. The lowest BCUT2D eigenvalue weighted by Crippen LogP contribution is -2.51. The van der Waals surface area contributed by atoms with Crippen LogP contribution in [0.1, 0.15) is 30.0 Å². The van der Waals surface area contributed by atoms with Crippen molar-refractivity contribution >= 4 is 5.97 Å². The smallest absolute Gasteiger partial charge is 0.328 e. The van der Waals surface area contributed by atoms with Crippen LogP contribution in [0.4, 0.5) is 0 Å². The maximum absolute atomic E-state index is 12.0. The number of aliphatic carboxylic acids is 1. The summed E-state index contributed by atoms with van der Waals surface area (Å²) in [4.78, 5) is 14.1. The molecule has 0 saturated carbocycles. The topological polar surface area (TPSA) is 52.6 Å². The van der Waals surface area contributed by atoms with Gasteiger partial charge in [-0.25, -0.2) is 4.79 Å². The zero-order valence-corrected chi connectivity index (χ0v) is 12.6. The highest BCUT2D eigenvalue weighted by Crippen LogP contribution is 2.30. The van der Waals surface area contributed by atoms with E-state index >= 15 is 0 Å². The zero-order chi connectivity index (χ0) is 14.8. The van der Waals surface area contributed by atoms with Crippen molar-refractivity contribution in [3.05, 3.63) is 34.9 Å². The third kappa shape index (κ3) is 2.72. The summed E-state index contributed by atoms with van der Waals surface area (Å²) in [5.74, 6) is -0.775. The van der Waals surface area contributed by atoms with Crippen LogP contribution in [-0.4, -0.2) is 42.2 Å². The summed E-state index contributed by atoms with van der Waals surface area (Å²) < 4.78 is 0. The van der Waals surface area contributed by atoms with Crippen molar-refractivity contribution in [2.75, 3.05) is 26.2 Å². The second kappa shape index (κ2) is 5.94. The number of nitrogens with one attached hydrogen (secondary N) is 1. The largest absolute Gasteiger partial charge is 0.480 e. The summed E-state index contributed by atoms with van der Waals surface area (Å²) in [6, 6.07) is 5.98. The Kier molecular flexibility index (Phi) is 4.45. The van der Waals surface area contributed by atoms with E-state index < -0.39 is 11.5 Å². The van der Waals surface area contributed by atoms with Gasteiger partial charge in [-0.1, -0.05) is 18.2 Å². The Balaban J connectivity index is 2.41. The molecule has 0 radical (unpaired) electrons. The Morgan fingerprint density at radius 1 is 1.25 bits per heavy atom. The van der Waals surface area contributed by atoms with Crippen LogP contribution in [0.5, 0.6) is 0 Å². The van der Waals surface area contributed by atoms with Crippen LogP contribution in [0.15, 0.2) is 18.2 Å². The molecule has 1 saturated heterocycles. The minimum atomic E-state index is -0.954. The van der Waals surface area contributed by atoms with Crippen LogP contribution in [0.3, 0.4) is 0 Å². The van der Waals surface area contributed by atoms with Gasteiger partial charge in [-0.2, -0.15) is 0 Å². The molecular formula is C16H24N2O2. The molecule has 1 fully saturated rings. The van der Waals surface area contributed by atoms with Gasteiger partial charge in [0.05, 0.1) is 0 Å². The lowest BCUT2D eigenvalue weighted by molar-refractivity contribution is -0.151. The molecule has 1 atom stereocenters. The van der Waals surface area contributed by atoms with Gasteiger partial charge < -0.3 is 10.4 Å². The molecule has 1 aromatic rings.